The second kappa shape index (κ2) is 6.81. The summed E-state index contributed by atoms with van der Waals surface area (Å²) in [5.74, 6) is 0. The van der Waals surface area contributed by atoms with Crippen LogP contribution in [0.1, 0.15) is 60.3 Å². The molecule has 0 aromatic rings. The van der Waals surface area contributed by atoms with Crippen LogP contribution in [0.15, 0.2) is 0 Å². The number of hydrogen-bond donors (Lipinski definition) is 1. The van der Waals surface area contributed by atoms with Crippen molar-refractivity contribution >= 4 is 8.32 Å². The Morgan fingerprint density at radius 3 is 2.12 bits per heavy atom. The van der Waals surface area contributed by atoms with Gasteiger partial charge in [-0.25, -0.2) is 0 Å². The fourth-order valence-corrected chi connectivity index (χ4v) is 4.54. The number of epoxide rings is 3. The molecule has 0 amide bonds. The van der Waals surface area contributed by atoms with Crippen molar-refractivity contribution in [2.75, 3.05) is 13.2 Å². The predicted molar refractivity (Wildman–Crippen MR) is 104 cm³/mol. The molecule has 0 aliphatic carbocycles. The average Bonchev–Trinajstić information content (AvgIpc) is 3.43. The van der Waals surface area contributed by atoms with E-state index in [4.69, 9.17) is 23.7 Å². The van der Waals surface area contributed by atoms with Crippen molar-refractivity contribution in [2.24, 2.45) is 0 Å². The Balaban J connectivity index is 1.33. The Kier molecular flexibility index (Phi) is 5.44. The van der Waals surface area contributed by atoms with Gasteiger partial charge in [0.1, 0.15) is 12.2 Å². The van der Waals surface area contributed by atoms with Crippen LogP contribution in [0.25, 0.3) is 0 Å². The van der Waals surface area contributed by atoms with Gasteiger partial charge in [0.05, 0.1) is 36.6 Å². The van der Waals surface area contributed by atoms with Gasteiger partial charge in [-0.15, -0.1) is 0 Å². The van der Waals surface area contributed by atoms with E-state index in [-0.39, 0.29) is 41.2 Å². The maximum atomic E-state index is 9.04. The van der Waals surface area contributed by atoms with Gasteiger partial charge in [-0.05, 0) is 57.7 Å². The highest BCUT2D eigenvalue weighted by Crippen LogP contribution is 2.49. The SMILES string of the molecule is CC(C)(C)[Si](C)(C)OC[C@H]1O[C@]1(C)CC[C@@H]1O[C@]1(C)CC[C@@H]1O[C@H]1CO. The molecule has 26 heavy (non-hydrogen) atoms. The quantitative estimate of drug-likeness (QED) is 0.458. The maximum absolute atomic E-state index is 9.04. The number of aliphatic hydroxyl groups excluding tert-OH is 1. The molecule has 0 unspecified atom stereocenters. The molecule has 3 heterocycles. The van der Waals surface area contributed by atoms with Gasteiger partial charge in [-0.2, -0.15) is 0 Å². The normalized spacial score (nSPS) is 42.0. The van der Waals surface area contributed by atoms with Crippen LogP contribution in [0, 0.1) is 0 Å². The molecule has 6 heteroatoms. The van der Waals surface area contributed by atoms with Crippen LogP contribution >= 0.6 is 0 Å². The number of hydrogen-bond acceptors (Lipinski definition) is 5. The van der Waals surface area contributed by atoms with E-state index in [9.17, 15) is 0 Å². The van der Waals surface area contributed by atoms with Gasteiger partial charge in [0.15, 0.2) is 8.32 Å². The molecule has 0 saturated carbocycles. The molecule has 6 atom stereocenters. The molecule has 0 spiro atoms. The average molecular weight is 387 g/mol. The van der Waals surface area contributed by atoms with Crippen molar-refractivity contribution < 1.29 is 23.7 Å². The summed E-state index contributed by atoms with van der Waals surface area (Å²) in [6.45, 7) is 16.7. The summed E-state index contributed by atoms with van der Waals surface area (Å²) in [5, 5.41) is 9.28. The van der Waals surface area contributed by atoms with Gasteiger partial charge >= 0.3 is 0 Å². The molecule has 3 aliphatic rings. The third-order valence-electron chi connectivity index (χ3n) is 7.17. The van der Waals surface area contributed by atoms with Gasteiger partial charge in [0.25, 0.3) is 0 Å². The number of ether oxygens (including phenoxy) is 3. The minimum Gasteiger partial charge on any atom is -0.414 e. The van der Waals surface area contributed by atoms with Crippen LogP contribution in [-0.4, -0.2) is 62.3 Å². The molecule has 152 valence electrons. The van der Waals surface area contributed by atoms with E-state index in [2.05, 4.69) is 47.7 Å². The summed E-state index contributed by atoms with van der Waals surface area (Å²) in [5.41, 5.74) is -0.0544. The summed E-state index contributed by atoms with van der Waals surface area (Å²) in [7, 11) is -1.70. The second-order valence-electron chi connectivity index (χ2n) is 10.4. The first-order valence-electron chi connectivity index (χ1n) is 10.2. The predicted octanol–water partition coefficient (Wildman–Crippen LogP) is 3.64. The van der Waals surface area contributed by atoms with E-state index >= 15 is 0 Å². The highest BCUT2D eigenvalue weighted by molar-refractivity contribution is 6.74. The topological polar surface area (TPSA) is 67.0 Å². The number of aliphatic hydroxyl groups is 1. The molecular formula is C20H38O5Si. The molecule has 0 radical (unpaired) electrons. The Morgan fingerprint density at radius 1 is 0.962 bits per heavy atom. The van der Waals surface area contributed by atoms with Gasteiger partial charge in [0, 0.05) is 0 Å². The van der Waals surface area contributed by atoms with Crippen LogP contribution in [0.3, 0.4) is 0 Å². The zero-order chi connectivity index (χ0) is 19.4. The molecule has 3 aliphatic heterocycles. The molecule has 3 rings (SSSR count). The summed E-state index contributed by atoms with van der Waals surface area (Å²) in [6, 6.07) is 0. The lowest BCUT2D eigenvalue weighted by Crippen LogP contribution is -2.42. The Hall–Kier alpha value is 0.0169. The molecule has 3 fully saturated rings. The van der Waals surface area contributed by atoms with E-state index in [0.717, 1.165) is 32.3 Å². The van der Waals surface area contributed by atoms with E-state index < -0.39 is 8.32 Å². The van der Waals surface area contributed by atoms with Gasteiger partial charge in [0.2, 0.25) is 0 Å². The zero-order valence-corrected chi connectivity index (χ0v) is 18.6. The summed E-state index contributed by atoms with van der Waals surface area (Å²) >= 11 is 0. The summed E-state index contributed by atoms with van der Waals surface area (Å²) < 4.78 is 23.7. The van der Waals surface area contributed by atoms with Gasteiger partial charge in [-0.3, -0.25) is 0 Å². The van der Waals surface area contributed by atoms with Gasteiger partial charge in [-0.1, -0.05) is 20.8 Å². The molecule has 0 aromatic carbocycles. The fourth-order valence-electron chi connectivity index (χ4n) is 3.54. The van der Waals surface area contributed by atoms with Crippen molar-refractivity contribution in [1.29, 1.82) is 0 Å². The van der Waals surface area contributed by atoms with Crippen LogP contribution in [0.2, 0.25) is 18.1 Å². The minimum absolute atomic E-state index is 0.00958. The third-order valence-corrected chi connectivity index (χ3v) is 11.7. The molecule has 0 aromatic heterocycles. The lowest BCUT2D eigenvalue weighted by molar-refractivity contribution is 0.233. The van der Waals surface area contributed by atoms with Crippen LogP contribution in [0.5, 0.6) is 0 Å². The van der Waals surface area contributed by atoms with E-state index in [1.54, 1.807) is 0 Å². The van der Waals surface area contributed by atoms with E-state index in [0.29, 0.717) is 6.10 Å². The van der Waals surface area contributed by atoms with Crippen LogP contribution in [-0.2, 0) is 18.6 Å². The third kappa shape index (κ3) is 4.53. The standard InChI is InChI=1S/C20H38O5Si/c1-18(2,3)26(6,7)22-13-17-20(5,25-17)11-9-16-19(4,24-16)10-8-14-15(12-21)23-14/h14-17,21H,8-13H2,1-7H3/t14-,15-,16-,17+,19+,20+/m0/s1. The highest BCUT2D eigenvalue weighted by Gasteiger charge is 2.57. The zero-order valence-electron chi connectivity index (χ0n) is 17.6. The van der Waals surface area contributed by atoms with Crippen molar-refractivity contribution in [3.8, 4) is 0 Å². The van der Waals surface area contributed by atoms with Crippen molar-refractivity contribution in [2.45, 2.75) is 114 Å². The Bertz CT molecular complexity index is 519. The molecular weight excluding hydrogens is 348 g/mol. The van der Waals surface area contributed by atoms with E-state index in [1.807, 2.05) is 0 Å². The minimum atomic E-state index is -1.70. The highest BCUT2D eigenvalue weighted by atomic mass is 28.4. The van der Waals surface area contributed by atoms with Crippen molar-refractivity contribution in [3.63, 3.8) is 0 Å². The molecule has 5 nitrogen and oxygen atoms in total. The van der Waals surface area contributed by atoms with E-state index in [1.165, 1.54) is 0 Å². The first kappa shape index (κ1) is 20.7. The maximum Gasteiger partial charge on any atom is 0.192 e. The first-order valence-corrected chi connectivity index (χ1v) is 13.1. The lowest BCUT2D eigenvalue weighted by Gasteiger charge is -2.36. The second-order valence-corrected chi connectivity index (χ2v) is 15.2. The lowest BCUT2D eigenvalue weighted by atomic mass is 9.93. The summed E-state index contributed by atoms with van der Waals surface area (Å²) in [4.78, 5) is 0. The van der Waals surface area contributed by atoms with Gasteiger partial charge < -0.3 is 23.7 Å². The van der Waals surface area contributed by atoms with Crippen LogP contribution < -0.4 is 0 Å². The Morgan fingerprint density at radius 2 is 1.54 bits per heavy atom. The molecule has 3 saturated heterocycles. The smallest absolute Gasteiger partial charge is 0.192 e. The first-order chi connectivity index (χ1) is 11.9. The molecule has 1 N–H and O–H groups in total. The number of rotatable bonds is 10. The Labute approximate surface area is 159 Å². The summed E-state index contributed by atoms with van der Waals surface area (Å²) in [6.07, 6.45) is 4.92. The van der Waals surface area contributed by atoms with Crippen molar-refractivity contribution in [3.05, 3.63) is 0 Å². The monoisotopic (exact) mass is 386 g/mol. The largest absolute Gasteiger partial charge is 0.414 e. The molecule has 0 bridgehead atoms. The van der Waals surface area contributed by atoms with Crippen molar-refractivity contribution in [1.82, 2.24) is 0 Å². The fraction of sp³-hybridized carbons (Fsp3) is 1.00. The van der Waals surface area contributed by atoms with Crippen LogP contribution in [0.4, 0.5) is 0 Å².